The second-order valence-electron chi connectivity index (χ2n) is 4.04. The van der Waals surface area contributed by atoms with E-state index >= 15 is 0 Å². The highest BCUT2D eigenvalue weighted by molar-refractivity contribution is 7.11. The number of quaternary nitrogens is 1. The van der Waals surface area contributed by atoms with Crippen molar-refractivity contribution in [2.75, 3.05) is 20.1 Å². The first-order valence-corrected chi connectivity index (χ1v) is 6.19. The van der Waals surface area contributed by atoms with Gasteiger partial charge < -0.3 is 9.64 Å². The fourth-order valence-corrected chi connectivity index (χ4v) is 2.41. The number of carbonyl (C=O) groups excluding carboxylic acids is 1. The number of rotatable bonds is 2. The predicted octanol–water partition coefficient (Wildman–Crippen LogP) is 0.582. The quantitative estimate of drug-likeness (QED) is 0.748. The Morgan fingerprint density at radius 1 is 1.53 bits per heavy atom. The van der Waals surface area contributed by atoms with Gasteiger partial charge >= 0.3 is 5.97 Å². The Morgan fingerprint density at radius 2 is 2.27 bits per heavy atom. The minimum Gasteiger partial charge on any atom is -0.458 e. The van der Waals surface area contributed by atoms with Gasteiger partial charge in [-0.25, -0.2) is 4.79 Å². The van der Waals surface area contributed by atoms with Gasteiger partial charge in [0.1, 0.15) is 11.0 Å². The number of hydrogen-bond acceptors (Lipinski definition) is 3. The SMILES string of the molecule is C[NH+]1CCC(OC(=O)c2cccs2)CC1. The van der Waals surface area contributed by atoms with Crippen molar-refractivity contribution in [2.24, 2.45) is 0 Å². The maximum absolute atomic E-state index is 11.6. The van der Waals surface area contributed by atoms with Gasteiger partial charge in [-0.3, -0.25) is 0 Å². The molecule has 1 aliphatic rings. The number of likely N-dealkylation sites (tertiary alicyclic amines) is 1. The number of hydrogen-bond donors (Lipinski definition) is 1. The fraction of sp³-hybridized carbons (Fsp3) is 0.545. The van der Waals surface area contributed by atoms with Crippen LogP contribution >= 0.6 is 11.3 Å². The largest absolute Gasteiger partial charge is 0.458 e. The third-order valence-corrected chi connectivity index (χ3v) is 3.63. The van der Waals surface area contributed by atoms with E-state index < -0.39 is 0 Å². The van der Waals surface area contributed by atoms with E-state index in [1.807, 2.05) is 17.5 Å². The topological polar surface area (TPSA) is 30.7 Å². The minimum absolute atomic E-state index is 0.128. The highest BCUT2D eigenvalue weighted by Gasteiger charge is 2.23. The molecule has 1 aromatic rings. The van der Waals surface area contributed by atoms with E-state index in [1.54, 1.807) is 0 Å². The van der Waals surface area contributed by atoms with Crippen LogP contribution in [0, 0.1) is 0 Å². The standard InChI is InChI=1S/C11H15NO2S/c1-12-6-4-9(5-7-12)14-11(13)10-3-2-8-15-10/h2-3,8-9H,4-7H2,1H3/p+1. The molecule has 1 N–H and O–H groups in total. The summed E-state index contributed by atoms with van der Waals surface area (Å²) < 4.78 is 5.44. The molecular weight excluding hydrogens is 210 g/mol. The Bertz CT molecular complexity index is 315. The highest BCUT2D eigenvalue weighted by Crippen LogP contribution is 2.13. The van der Waals surface area contributed by atoms with Gasteiger partial charge in [0.25, 0.3) is 0 Å². The molecule has 0 atom stereocenters. The number of nitrogens with one attached hydrogen (secondary N) is 1. The molecule has 1 fully saturated rings. The third kappa shape index (κ3) is 2.79. The van der Waals surface area contributed by atoms with Crippen LogP contribution in [-0.4, -0.2) is 32.2 Å². The van der Waals surface area contributed by atoms with Gasteiger partial charge in [-0.1, -0.05) is 6.07 Å². The molecule has 4 heteroatoms. The lowest BCUT2D eigenvalue weighted by molar-refractivity contribution is -0.885. The summed E-state index contributed by atoms with van der Waals surface area (Å²) in [5.74, 6) is -0.158. The minimum atomic E-state index is -0.158. The molecule has 0 aromatic carbocycles. The average molecular weight is 226 g/mol. The van der Waals surface area contributed by atoms with Crippen LogP contribution in [0.15, 0.2) is 17.5 Å². The van der Waals surface area contributed by atoms with Crippen LogP contribution in [0.5, 0.6) is 0 Å². The zero-order valence-electron chi connectivity index (χ0n) is 8.86. The van der Waals surface area contributed by atoms with Crippen LogP contribution in [-0.2, 0) is 4.74 Å². The Kier molecular flexibility index (Phi) is 3.38. The molecule has 15 heavy (non-hydrogen) atoms. The van der Waals surface area contributed by atoms with E-state index in [4.69, 9.17) is 4.74 Å². The lowest BCUT2D eigenvalue weighted by atomic mass is 10.1. The molecule has 0 unspecified atom stereocenters. The third-order valence-electron chi connectivity index (χ3n) is 2.78. The monoisotopic (exact) mass is 226 g/mol. The summed E-state index contributed by atoms with van der Waals surface area (Å²) in [5.41, 5.74) is 0. The normalized spacial score (nSPS) is 26.2. The average Bonchev–Trinajstić information content (AvgIpc) is 2.74. The van der Waals surface area contributed by atoms with Crippen LogP contribution in [0.3, 0.4) is 0 Å². The fourth-order valence-electron chi connectivity index (χ4n) is 1.81. The summed E-state index contributed by atoms with van der Waals surface area (Å²) in [6, 6.07) is 3.69. The molecular formula is C11H16NO2S+. The van der Waals surface area contributed by atoms with Crippen molar-refractivity contribution in [3.8, 4) is 0 Å². The number of carbonyl (C=O) groups is 1. The Hall–Kier alpha value is -0.870. The number of piperidine rings is 1. The van der Waals surface area contributed by atoms with Gasteiger partial charge in [0.15, 0.2) is 0 Å². The van der Waals surface area contributed by atoms with Crippen molar-refractivity contribution in [1.82, 2.24) is 0 Å². The van der Waals surface area contributed by atoms with Crippen LogP contribution in [0.25, 0.3) is 0 Å². The second kappa shape index (κ2) is 4.77. The second-order valence-corrected chi connectivity index (χ2v) is 4.99. The molecule has 1 saturated heterocycles. The van der Waals surface area contributed by atoms with E-state index in [2.05, 4.69) is 7.05 Å². The van der Waals surface area contributed by atoms with E-state index in [0.717, 1.165) is 25.9 Å². The first-order valence-electron chi connectivity index (χ1n) is 5.31. The summed E-state index contributed by atoms with van der Waals surface area (Å²) in [4.78, 5) is 13.9. The van der Waals surface area contributed by atoms with Gasteiger partial charge in [0.05, 0.1) is 20.1 Å². The summed E-state index contributed by atoms with van der Waals surface area (Å²) in [6.07, 6.45) is 2.11. The van der Waals surface area contributed by atoms with Gasteiger partial charge in [-0.2, -0.15) is 0 Å². The summed E-state index contributed by atoms with van der Waals surface area (Å²) in [5, 5.41) is 1.90. The molecule has 82 valence electrons. The number of esters is 1. The zero-order chi connectivity index (χ0) is 10.7. The van der Waals surface area contributed by atoms with Crippen molar-refractivity contribution < 1.29 is 14.4 Å². The summed E-state index contributed by atoms with van der Waals surface area (Å²) >= 11 is 1.44. The first-order chi connectivity index (χ1) is 7.25. The van der Waals surface area contributed by atoms with Gasteiger partial charge in [0.2, 0.25) is 0 Å². The van der Waals surface area contributed by atoms with Crippen molar-refractivity contribution in [3.05, 3.63) is 22.4 Å². The van der Waals surface area contributed by atoms with Gasteiger partial charge in [0, 0.05) is 12.8 Å². The molecule has 0 bridgehead atoms. The van der Waals surface area contributed by atoms with E-state index in [9.17, 15) is 4.79 Å². The van der Waals surface area contributed by atoms with Gasteiger partial charge in [-0.05, 0) is 11.4 Å². The van der Waals surface area contributed by atoms with Crippen molar-refractivity contribution in [2.45, 2.75) is 18.9 Å². The molecule has 2 rings (SSSR count). The Balaban J connectivity index is 1.85. The Labute approximate surface area is 93.7 Å². The molecule has 0 amide bonds. The molecule has 1 aliphatic heterocycles. The highest BCUT2D eigenvalue weighted by atomic mass is 32.1. The van der Waals surface area contributed by atoms with Crippen LogP contribution in [0.4, 0.5) is 0 Å². The van der Waals surface area contributed by atoms with Crippen LogP contribution in [0.1, 0.15) is 22.5 Å². The lowest BCUT2D eigenvalue weighted by Crippen LogP contribution is -3.10. The predicted molar refractivity (Wildman–Crippen MR) is 59.4 cm³/mol. The molecule has 0 radical (unpaired) electrons. The van der Waals surface area contributed by atoms with Crippen molar-refractivity contribution in [3.63, 3.8) is 0 Å². The molecule has 1 aromatic heterocycles. The van der Waals surface area contributed by atoms with Crippen LogP contribution < -0.4 is 4.90 Å². The van der Waals surface area contributed by atoms with E-state index in [0.29, 0.717) is 4.88 Å². The molecule has 3 nitrogen and oxygen atoms in total. The van der Waals surface area contributed by atoms with Crippen molar-refractivity contribution >= 4 is 17.3 Å². The summed E-state index contributed by atoms with van der Waals surface area (Å²) in [7, 11) is 2.18. The van der Waals surface area contributed by atoms with Crippen LogP contribution in [0.2, 0.25) is 0 Å². The van der Waals surface area contributed by atoms with E-state index in [1.165, 1.54) is 16.2 Å². The summed E-state index contributed by atoms with van der Waals surface area (Å²) in [6.45, 7) is 2.20. The molecule has 0 aliphatic carbocycles. The van der Waals surface area contributed by atoms with Gasteiger partial charge in [-0.15, -0.1) is 11.3 Å². The number of ether oxygens (including phenoxy) is 1. The maximum Gasteiger partial charge on any atom is 0.348 e. The molecule has 2 heterocycles. The number of thiophene rings is 1. The zero-order valence-corrected chi connectivity index (χ0v) is 9.68. The molecule has 0 saturated carbocycles. The Morgan fingerprint density at radius 3 is 2.87 bits per heavy atom. The van der Waals surface area contributed by atoms with E-state index in [-0.39, 0.29) is 12.1 Å². The molecule has 0 spiro atoms. The maximum atomic E-state index is 11.6. The lowest BCUT2D eigenvalue weighted by Gasteiger charge is -2.26. The van der Waals surface area contributed by atoms with Crippen molar-refractivity contribution in [1.29, 1.82) is 0 Å². The first kappa shape index (κ1) is 10.6. The smallest absolute Gasteiger partial charge is 0.348 e.